The Bertz CT molecular complexity index is 234. The van der Waals surface area contributed by atoms with Gasteiger partial charge >= 0.3 is 0 Å². The van der Waals surface area contributed by atoms with Crippen molar-refractivity contribution in [3.05, 3.63) is 18.0 Å². The predicted octanol–water partition coefficient (Wildman–Crippen LogP) is -0.110. The summed E-state index contributed by atoms with van der Waals surface area (Å²) in [7, 11) is 1.90. The monoisotopic (exact) mass is 169 g/mol. The van der Waals surface area contributed by atoms with Crippen LogP contribution in [0.25, 0.3) is 0 Å². The first-order chi connectivity index (χ1) is 5.74. The van der Waals surface area contributed by atoms with Crippen LogP contribution in [0.2, 0.25) is 0 Å². The Balaban J connectivity index is 2.38. The van der Waals surface area contributed by atoms with Crippen LogP contribution in [0, 0.1) is 0 Å². The molecule has 0 bridgehead atoms. The van der Waals surface area contributed by atoms with Gasteiger partial charge in [0.15, 0.2) is 0 Å². The van der Waals surface area contributed by atoms with Gasteiger partial charge in [-0.3, -0.25) is 4.68 Å². The van der Waals surface area contributed by atoms with Crippen molar-refractivity contribution in [3.63, 3.8) is 0 Å². The summed E-state index contributed by atoms with van der Waals surface area (Å²) in [6, 6.07) is 2.09. The first-order valence-corrected chi connectivity index (χ1v) is 4.05. The highest BCUT2D eigenvalue weighted by Gasteiger charge is 2.01. The highest BCUT2D eigenvalue weighted by Crippen LogP contribution is 1.95. The third-order valence-electron chi connectivity index (χ3n) is 1.83. The second-order valence-corrected chi connectivity index (χ2v) is 2.91. The number of aryl methyl sites for hydroxylation is 1. The van der Waals surface area contributed by atoms with Crippen molar-refractivity contribution in [2.24, 2.45) is 7.05 Å². The summed E-state index contributed by atoms with van der Waals surface area (Å²) in [6.07, 6.45) is 1.76. The van der Waals surface area contributed by atoms with E-state index < -0.39 is 0 Å². The molecular formula is C8H15N3O. The van der Waals surface area contributed by atoms with Gasteiger partial charge in [-0.1, -0.05) is 0 Å². The summed E-state index contributed by atoms with van der Waals surface area (Å²) in [5.74, 6) is 0. The van der Waals surface area contributed by atoms with E-state index in [1.165, 1.54) is 0 Å². The molecular weight excluding hydrogens is 154 g/mol. The average molecular weight is 169 g/mol. The molecule has 1 aromatic rings. The lowest BCUT2D eigenvalue weighted by Gasteiger charge is -2.09. The second kappa shape index (κ2) is 4.23. The van der Waals surface area contributed by atoms with Crippen LogP contribution in [0.4, 0.5) is 0 Å². The van der Waals surface area contributed by atoms with Crippen LogP contribution in [0.15, 0.2) is 12.3 Å². The minimum absolute atomic E-state index is 0.139. The van der Waals surface area contributed by atoms with Gasteiger partial charge in [0.2, 0.25) is 0 Å². The summed E-state index contributed by atoms with van der Waals surface area (Å²) < 4.78 is 1.82. The molecule has 1 rings (SSSR count). The van der Waals surface area contributed by atoms with Gasteiger partial charge in [0.1, 0.15) is 0 Å². The van der Waals surface area contributed by atoms with E-state index in [-0.39, 0.29) is 12.6 Å². The Morgan fingerprint density at radius 3 is 3.00 bits per heavy atom. The number of aliphatic hydroxyl groups excluding tert-OH is 1. The quantitative estimate of drug-likeness (QED) is 0.661. The van der Waals surface area contributed by atoms with Gasteiger partial charge < -0.3 is 10.4 Å². The van der Waals surface area contributed by atoms with Crippen LogP contribution in [0.5, 0.6) is 0 Å². The number of hydrogen-bond acceptors (Lipinski definition) is 3. The molecule has 68 valence electrons. The van der Waals surface area contributed by atoms with Crippen LogP contribution < -0.4 is 5.32 Å². The van der Waals surface area contributed by atoms with Crippen molar-refractivity contribution in [1.29, 1.82) is 0 Å². The first kappa shape index (κ1) is 9.22. The van der Waals surface area contributed by atoms with Crippen molar-refractivity contribution in [2.75, 3.05) is 6.61 Å². The summed E-state index contributed by atoms with van der Waals surface area (Å²) in [5.41, 5.74) is 1.12. The molecule has 0 aliphatic rings. The van der Waals surface area contributed by atoms with E-state index >= 15 is 0 Å². The van der Waals surface area contributed by atoms with Crippen LogP contribution in [-0.2, 0) is 13.6 Å². The van der Waals surface area contributed by atoms with Gasteiger partial charge in [0.25, 0.3) is 0 Å². The molecule has 0 saturated carbocycles. The van der Waals surface area contributed by atoms with E-state index in [2.05, 4.69) is 10.4 Å². The molecule has 0 saturated heterocycles. The second-order valence-electron chi connectivity index (χ2n) is 2.91. The van der Waals surface area contributed by atoms with Crippen molar-refractivity contribution >= 4 is 0 Å². The zero-order valence-corrected chi connectivity index (χ0v) is 7.49. The van der Waals surface area contributed by atoms with Gasteiger partial charge in [-0.05, 0) is 13.0 Å². The number of hydrogen-bond donors (Lipinski definition) is 2. The molecule has 0 spiro atoms. The minimum Gasteiger partial charge on any atom is -0.395 e. The lowest BCUT2D eigenvalue weighted by atomic mass is 10.3. The molecule has 4 nitrogen and oxygen atoms in total. The van der Waals surface area contributed by atoms with Crippen LogP contribution in [0.3, 0.4) is 0 Å². The zero-order chi connectivity index (χ0) is 8.97. The molecule has 0 aliphatic heterocycles. The highest BCUT2D eigenvalue weighted by atomic mass is 16.3. The molecule has 1 atom stereocenters. The first-order valence-electron chi connectivity index (χ1n) is 4.05. The number of aliphatic hydroxyl groups is 1. The van der Waals surface area contributed by atoms with Gasteiger partial charge in [-0.2, -0.15) is 5.10 Å². The molecule has 0 aliphatic carbocycles. The number of rotatable bonds is 4. The molecule has 0 fully saturated rings. The fraction of sp³-hybridized carbons (Fsp3) is 0.625. The van der Waals surface area contributed by atoms with Crippen molar-refractivity contribution in [2.45, 2.75) is 19.5 Å². The molecule has 2 N–H and O–H groups in total. The Morgan fingerprint density at radius 2 is 2.50 bits per heavy atom. The lowest BCUT2D eigenvalue weighted by Crippen LogP contribution is -2.29. The molecule has 1 aromatic heterocycles. The number of aromatic nitrogens is 2. The SMILES string of the molecule is C[C@H](CO)NCc1ccnn1C. The molecule has 12 heavy (non-hydrogen) atoms. The van der Waals surface area contributed by atoms with E-state index in [1.54, 1.807) is 6.20 Å². The van der Waals surface area contributed by atoms with Gasteiger partial charge in [0.05, 0.1) is 12.3 Å². The van der Waals surface area contributed by atoms with Crippen LogP contribution in [-0.4, -0.2) is 27.5 Å². The van der Waals surface area contributed by atoms with E-state index in [0.29, 0.717) is 0 Å². The fourth-order valence-electron chi connectivity index (χ4n) is 0.918. The molecule has 0 unspecified atom stereocenters. The molecule has 0 radical (unpaired) electrons. The Morgan fingerprint density at radius 1 is 1.75 bits per heavy atom. The largest absolute Gasteiger partial charge is 0.395 e. The van der Waals surface area contributed by atoms with E-state index in [0.717, 1.165) is 12.2 Å². The van der Waals surface area contributed by atoms with E-state index in [4.69, 9.17) is 5.11 Å². The molecule has 0 aromatic carbocycles. The summed E-state index contributed by atoms with van der Waals surface area (Å²) in [6.45, 7) is 2.85. The van der Waals surface area contributed by atoms with E-state index in [9.17, 15) is 0 Å². The topological polar surface area (TPSA) is 50.1 Å². The maximum Gasteiger partial charge on any atom is 0.0582 e. The predicted molar refractivity (Wildman–Crippen MR) is 46.6 cm³/mol. The fourth-order valence-corrected chi connectivity index (χ4v) is 0.918. The van der Waals surface area contributed by atoms with Crippen LogP contribution >= 0.6 is 0 Å². The summed E-state index contributed by atoms with van der Waals surface area (Å²) >= 11 is 0. The Hall–Kier alpha value is -0.870. The zero-order valence-electron chi connectivity index (χ0n) is 7.49. The molecule has 1 heterocycles. The van der Waals surface area contributed by atoms with Gasteiger partial charge in [0, 0.05) is 25.8 Å². The summed E-state index contributed by atoms with van der Waals surface area (Å²) in [5, 5.41) is 15.9. The van der Waals surface area contributed by atoms with Crippen molar-refractivity contribution < 1.29 is 5.11 Å². The Kier molecular flexibility index (Phi) is 3.25. The molecule has 0 amide bonds. The van der Waals surface area contributed by atoms with Crippen molar-refractivity contribution in [3.8, 4) is 0 Å². The van der Waals surface area contributed by atoms with Gasteiger partial charge in [-0.15, -0.1) is 0 Å². The highest BCUT2D eigenvalue weighted by molar-refractivity contribution is 4.99. The number of nitrogens with one attached hydrogen (secondary N) is 1. The third kappa shape index (κ3) is 2.32. The van der Waals surface area contributed by atoms with Gasteiger partial charge in [-0.25, -0.2) is 0 Å². The molecule has 4 heteroatoms. The minimum atomic E-state index is 0.139. The maximum atomic E-state index is 8.75. The standard InChI is InChI=1S/C8H15N3O/c1-7(6-12)9-5-8-3-4-10-11(8)2/h3-4,7,9,12H,5-6H2,1-2H3/t7-/m1/s1. The van der Waals surface area contributed by atoms with E-state index in [1.807, 2.05) is 24.7 Å². The summed E-state index contributed by atoms with van der Waals surface area (Å²) in [4.78, 5) is 0. The smallest absolute Gasteiger partial charge is 0.0582 e. The van der Waals surface area contributed by atoms with Crippen molar-refractivity contribution in [1.82, 2.24) is 15.1 Å². The normalized spacial score (nSPS) is 13.2. The Labute approximate surface area is 72.2 Å². The maximum absolute atomic E-state index is 8.75. The lowest BCUT2D eigenvalue weighted by molar-refractivity contribution is 0.250. The third-order valence-corrected chi connectivity index (χ3v) is 1.83. The van der Waals surface area contributed by atoms with Crippen LogP contribution in [0.1, 0.15) is 12.6 Å². The number of nitrogens with zero attached hydrogens (tertiary/aromatic N) is 2. The average Bonchev–Trinajstić information content (AvgIpc) is 2.47.